The molecular weight excluding hydrogens is 278 g/mol. The van der Waals surface area contributed by atoms with Gasteiger partial charge in [0.15, 0.2) is 0 Å². The van der Waals surface area contributed by atoms with Gasteiger partial charge >= 0.3 is 0 Å². The van der Waals surface area contributed by atoms with Crippen LogP contribution in [0.2, 0.25) is 0 Å². The van der Waals surface area contributed by atoms with Gasteiger partial charge in [-0.2, -0.15) is 0 Å². The topological polar surface area (TPSA) is 67.0 Å². The Balaban J connectivity index is 1.79. The monoisotopic (exact) mass is 295 g/mol. The number of H-pyrrole nitrogens is 1. The molecule has 5 heteroatoms. The average molecular weight is 295 g/mol. The van der Waals surface area contributed by atoms with Gasteiger partial charge in [0.1, 0.15) is 5.75 Å². The van der Waals surface area contributed by atoms with E-state index in [9.17, 15) is 4.79 Å². The highest BCUT2D eigenvalue weighted by Crippen LogP contribution is 2.22. The Bertz CT molecular complexity index is 824. The van der Waals surface area contributed by atoms with Crippen LogP contribution < -0.4 is 10.1 Å². The summed E-state index contributed by atoms with van der Waals surface area (Å²) in [7, 11) is 0. The predicted molar refractivity (Wildman–Crippen MR) is 86.4 cm³/mol. The fourth-order valence-corrected chi connectivity index (χ4v) is 2.32. The van der Waals surface area contributed by atoms with Crippen LogP contribution in [0.1, 0.15) is 22.8 Å². The zero-order valence-corrected chi connectivity index (χ0v) is 12.5. The lowest BCUT2D eigenvalue weighted by atomic mass is 10.1. The lowest BCUT2D eigenvalue weighted by molar-refractivity contribution is 0.102. The van der Waals surface area contributed by atoms with Gasteiger partial charge in [-0.15, -0.1) is 0 Å². The largest absolute Gasteiger partial charge is 0.494 e. The molecule has 0 aliphatic carbocycles. The van der Waals surface area contributed by atoms with Gasteiger partial charge in [-0.1, -0.05) is 0 Å². The minimum atomic E-state index is -0.153. The summed E-state index contributed by atoms with van der Waals surface area (Å²) >= 11 is 0. The Morgan fingerprint density at radius 3 is 2.91 bits per heavy atom. The molecule has 1 amide bonds. The summed E-state index contributed by atoms with van der Waals surface area (Å²) in [5, 5.41) is 2.90. The van der Waals surface area contributed by atoms with Crippen molar-refractivity contribution >= 4 is 22.6 Å². The summed E-state index contributed by atoms with van der Waals surface area (Å²) in [6, 6.07) is 11.0. The van der Waals surface area contributed by atoms with Crippen molar-refractivity contribution in [2.24, 2.45) is 0 Å². The molecule has 22 heavy (non-hydrogen) atoms. The van der Waals surface area contributed by atoms with Crippen LogP contribution in [0, 0.1) is 6.92 Å². The van der Waals surface area contributed by atoms with Crippen molar-refractivity contribution < 1.29 is 9.53 Å². The summed E-state index contributed by atoms with van der Waals surface area (Å²) in [5.74, 6) is 0.680. The molecule has 0 atom stereocenters. The summed E-state index contributed by atoms with van der Waals surface area (Å²) < 4.78 is 5.50. The zero-order valence-electron chi connectivity index (χ0n) is 12.5. The van der Waals surface area contributed by atoms with E-state index in [-0.39, 0.29) is 5.91 Å². The molecule has 0 saturated heterocycles. The van der Waals surface area contributed by atoms with Crippen molar-refractivity contribution in [3.63, 3.8) is 0 Å². The molecule has 112 valence electrons. The van der Waals surface area contributed by atoms with E-state index >= 15 is 0 Å². The SMILES string of the molecule is CCOc1ccc(NC(=O)c2ccc3nc[nH]c3c2)cc1C. The standard InChI is InChI=1S/C17H17N3O2/c1-3-22-16-7-5-13(8-11(16)2)20-17(21)12-4-6-14-15(9-12)19-10-18-14/h4-10H,3H2,1-2H3,(H,18,19)(H,20,21). The predicted octanol–water partition coefficient (Wildman–Crippen LogP) is 3.52. The number of fused-ring (bicyclic) bond motifs is 1. The highest BCUT2D eigenvalue weighted by atomic mass is 16.5. The third-order valence-corrected chi connectivity index (χ3v) is 3.42. The van der Waals surface area contributed by atoms with E-state index in [0.29, 0.717) is 12.2 Å². The summed E-state index contributed by atoms with van der Waals surface area (Å²) in [6.45, 7) is 4.52. The van der Waals surface area contributed by atoms with E-state index in [1.807, 2.05) is 38.1 Å². The number of amides is 1. The van der Waals surface area contributed by atoms with Crippen LogP contribution in [-0.4, -0.2) is 22.5 Å². The highest BCUT2D eigenvalue weighted by Gasteiger charge is 2.09. The second-order valence-electron chi connectivity index (χ2n) is 5.00. The minimum absolute atomic E-state index is 0.153. The van der Waals surface area contributed by atoms with Crippen LogP contribution in [0.15, 0.2) is 42.7 Å². The van der Waals surface area contributed by atoms with Gasteiger partial charge in [-0.3, -0.25) is 4.79 Å². The number of benzene rings is 2. The number of ether oxygens (including phenoxy) is 1. The Labute approximate surface area is 128 Å². The summed E-state index contributed by atoms with van der Waals surface area (Å²) in [4.78, 5) is 19.5. The number of aromatic amines is 1. The molecule has 3 rings (SSSR count). The smallest absolute Gasteiger partial charge is 0.255 e. The van der Waals surface area contributed by atoms with Crippen molar-refractivity contribution in [2.45, 2.75) is 13.8 Å². The highest BCUT2D eigenvalue weighted by molar-refractivity contribution is 6.05. The maximum absolute atomic E-state index is 12.3. The molecular formula is C17H17N3O2. The van der Waals surface area contributed by atoms with Crippen LogP contribution in [0.25, 0.3) is 11.0 Å². The number of carbonyl (C=O) groups is 1. The number of hydrogen-bond acceptors (Lipinski definition) is 3. The van der Waals surface area contributed by atoms with Crippen molar-refractivity contribution in [3.05, 3.63) is 53.9 Å². The van der Waals surface area contributed by atoms with Gasteiger partial charge in [0.05, 0.1) is 24.0 Å². The van der Waals surface area contributed by atoms with Crippen LogP contribution >= 0.6 is 0 Å². The second-order valence-corrected chi connectivity index (χ2v) is 5.00. The van der Waals surface area contributed by atoms with Crippen molar-refractivity contribution in [1.82, 2.24) is 9.97 Å². The number of hydrogen-bond donors (Lipinski definition) is 2. The molecule has 0 radical (unpaired) electrons. The molecule has 2 aromatic carbocycles. The fraction of sp³-hybridized carbons (Fsp3) is 0.176. The van der Waals surface area contributed by atoms with Crippen LogP contribution in [0.3, 0.4) is 0 Å². The van der Waals surface area contributed by atoms with Crippen LogP contribution in [0.4, 0.5) is 5.69 Å². The third kappa shape index (κ3) is 2.79. The molecule has 0 saturated carbocycles. The van der Waals surface area contributed by atoms with Crippen molar-refractivity contribution in [2.75, 3.05) is 11.9 Å². The second kappa shape index (κ2) is 5.89. The third-order valence-electron chi connectivity index (χ3n) is 3.42. The first-order valence-electron chi connectivity index (χ1n) is 7.15. The quantitative estimate of drug-likeness (QED) is 0.774. The number of imidazole rings is 1. The zero-order chi connectivity index (χ0) is 15.5. The van der Waals surface area contributed by atoms with Crippen molar-refractivity contribution in [1.29, 1.82) is 0 Å². The number of aryl methyl sites for hydroxylation is 1. The lowest BCUT2D eigenvalue weighted by Crippen LogP contribution is -2.12. The van der Waals surface area contributed by atoms with E-state index < -0.39 is 0 Å². The van der Waals surface area contributed by atoms with E-state index in [1.165, 1.54) is 0 Å². The molecule has 2 N–H and O–H groups in total. The van der Waals surface area contributed by atoms with Gasteiger partial charge in [0.25, 0.3) is 5.91 Å². The summed E-state index contributed by atoms with van der Waals surface area (Å²) in [6.07, 6.45) is 1.61. The first-order chi connectivity index (χ1) is 10.7. The Morgan fingerprint density at radius 2 is 2.14 bits per heavy atom. The fourth-order valence-electron chi connectivity index (χ4n) is 2.32. The molecule has 5 nitrogen and oxygen atoms in total. The minimum Gasteiger partial charge on any atom is -0.494 e. The first-order valence-corrected chi connectivity index (χ1v) is 7.15. The molecule has 0 unspecified atom stereocenters. The number of nitrogens with one attached hydrogen (secondary N) is 2. The molecule has 0 aliphatic heterocycles. The van der Waals surface area contributed by atoms with Gasteiger partial charge < -0.3 is 15.0 Å². The number of carbonyl (C=O) groups excluding carboxylic acids is 1. The van der Waals surface area contributed by atoms with Crippen LogP contribution in [0.5, 0.6) is 5.75 Å². The van der Waals surface area contributed by atoms with E-state index in [4.69, 9.17) is 4.74 Å². The molecule has 0 bridgehead atoms. The van der Waals surface area contributed by atoms with E-state index in [1.54, 1.807) is 18.5 Å². The molecule has 1 aromatic heterocycles. The van der Waals surface area contributed by atoms with Crippen molar-refractivity contribution in [3.8, 4) is 5.75 Å². The molecule has 1 heterocycles. The number of nitrogens with zero attached hydrogens (tertiary/aromatic N) is 1. The van der Waals surface area contributed by atoms with Gasteiger partial charge in [0.2, 0.25) is 0 Å². The maximum atomic E-state index is 12.3. The lowest BCUT2D eigenvalue weighted by Gasteiger charge is -2.10. The Kier molecular flexibility index (Phi) is 3.78. The maximum Gasteiger partial charge on any atom is 0.255 e. The molecule has 0 spiro atoms. The molecule has 0 aliphatic rings. The van der Waals surface area contributed by atoms with Gasteiger partial charge in [-0.05, 0) is 55.8 Å². The first kappa shape index (κ1) is 14.1. The van der Waals surface area contributed by atoms with Crippen LogP contribution in [-0.2, 0) is 0 Å². The normalized spacial score (nSPS) is 10.6. The molecule has 0 fully saturated rings. The average Bonchev–Trinajstić information content (AvgIpc) is 2.97. The Morgan fingerprint density at radius 1 is 1.27 bits per heavy atom. The van der Waals surface area contributed by atoms with E-state index in [0.717, 1.165) is 28.0 Å². The Hall–Kier alpha value is -2.82. The number of anilines is 1. The van der Waals surface area contributed by atoms with Gasteiger partial charge in [0, 0.05) is 11.3 Å². The molecule has 3 aromatic rings. The number of rotatable bonds is 4. The van der Waals surface area contributed by atoms with Gasteiger partial charge in [-0.25, -0.2) is 4.98 Å². The number of aromatic nitrogens is 2. The summed E-state index contributed by atoms with van der Waals surface area (Å²) in [5.41, 5.74) is 4.01. The van der Waals surface area contributed by atoms with E-state index in [2.05, 4.69) is 15.3 Å².